The summed E-state index contributed by atoms with van der Waals surface area (Å²) in [5, 5.41) is 9.82. The van der Waals surface area contributed by atoms with Gasteiger partial charge in [0.15, 0.2) is 11.5 Å². The van der Waals surface area contributed by atoms with Crippen LogP contribution in [0, 0.1) is 5.41 Å². The molecule has 1 heterocycles. The first-order valence-electron chi connectivity index (χ1n) is 8.27. The first-order chi connectivity index (χ1) is 10.6. The summed E-state index contributed by atoms with van der Waals surface area (Å²) in [5.74, 6) is 0.761. The number of carboxylic acid groups (broad SMARTS) is 1. The molecule has 4 rings (SSSR count). The van der Waals surface area contributed by atoms with Crippen molar-refractivity contribution in [3.63, 3.8) is 0 Å². The second-order valence-corrected chi connectivity index (χ2v) is 7.19. The molecule has 0 radical (unpaired) electrons. The number of hydrogen-bond donors (Lipinski definition) is 1. The van der Waals surface area contributed by atoms with E-state index in [4.69, 9.17) is 9.47 Å². The minimum Gasteiger partial charge on any atom is -0.489 e. The van der Waals surface area contributed by atoms with Gasteiger partial charge in [0.25, 0.3) is 0 Å². The van der Waals surface area contributed by atoms with Crippen molar-refractivity contribution >= 4 is 5.97 Å². The minimum absolute atomic E-state index is 0.203. The molecule has 1 spiro atoms. The summed E-state index contributed by atoms with van der Waals surface area (Å²) in [7, 11) is 0. The van der Waals surface area contributed by atoms with Crippen LogP contribution < -0.4 is 9.47 Å². The lowest BCUT2D eigenvalue weighted by atomic mass is 9.69. The third kappa shape index (κ3) is 2.16. The molecule has 22 heavy (non-hydrogen) atoms. The van der Waals surface area contributed by atoms with E-state index in [0.717, 1.165) is 43.4 Å². The molecule has 0 saturated heterocycles. The summed E-state index contributed by atoms with van der Waals surface area (Å²) >= 11 is 0. The van der Waals surface area contributed by atoms with Gasteiger partial charge in [-0.05, 0) is 43.4 Å². The highest BCUT2D eigenvalue weighted by Crippen LogP contribution is 2.50. The van der Waals surface area contributed by atoms with Crippen LogP contribution in [0.1, 0.15) is 50.5 Å². The van der Waals surface area contributed by atoms with E-state index in [9.17, 15) is 9.90 Å². The van der Waals surface area contributed by atoms with Crippen LogP contribution in [0.2, 0.25) is 0 Å². The number of rotatable bonds is 2. The summed E-state index contributed by atoms with van der Waals surface area (Å²) in [6, 6.07) is 5.73. The highest BCUT2D eigenvalue weighted by atomic mass is 16.5. The second kappa shape index (κ2) is 4.90. The van der Waals surface area contributed by atoms with E-state index < -0.39 is 11.4 Å². The van der Waals surface area contributed by atoms with E-state index in [-0.39, 0.29) is 5.41 Å². The number of carbonyl (C=O) groups is 1. The zero-order valence-corrected chi connectivity index (χ0v) is 12.8. The number of hydrogen-bond acceptors (Lipinski definition) is 3. The van der Waals surface area contributed by atoms with Crippen molar-refractivity contribution in [3.05, 3.63) is 23.8 Å². The molecule has 1 aromatic carbocycles. The lowest BCUT2D eigenvalue weighted by Gasteiger charge is -2.34. The van der Waals surface area contributed by atoms with E-state index in [1.54, 1.807) is 0 Å². The quantitative estimate of drug-likeness (QED) is 0.908. The Balaban J connectivity index is 1.68. The molecule has 3 aliphatic rings. The van der Waals surface area contributed by atoms with Crippen molar-refractivity contribution in [2.75, 3.05) is 13.2 Å². The van der Waals surface area contributed by atoms with Crippen molar-refractivity contribution < 1.29 is 19.4 Å². The van der Waals surface area contributed by atoms with Crippen LogP contribution in [-0.2, 0) is 10.2 Å². The summed E-state index contributed by atoms with van der Waals surface area (Å²) in [4.78, 5) is 12.0. The number of carboxylic acids is 1. The SMILES string of the molecule is O=C(O)C1(c2ccc3c(c2)OCC2(CC2)CO3)CCCCC1. The average molecular weight is 302 g/mol. The number of ether oxygens (including phenoxy) is 2. The van der Waals surface area contributed by atoms with Gasteiger partial charge in [0.2, 0.25) is 0 Å². The third-order valence-electron chi connectivity index (χ3n) is 5.64. The average Bonchev–Trinajstić information content (AvgIpc) is 3.34. The maximum Gasteiger partial charge on any atom is 0.314 e. The van der Waals surface area contributed by atoms with Crippen LogP contribution in [0.15, 0.2) is 18.2 Å². The highest BCUT2D eigenvalue weighted by molar-refractivity contribution is 5.82. The first-order valence-corrected chi connectivity index (χ1v) is 8.27. The van der Waals surface area contributed by atoms with Gasteiger partial charge in [0.05, 0.1) is 18.6 Å². The van der Waals surface area contributed by atoms with E-state index in [1.807, 2.05) is 18.2 Å². The fourth-order valence-electron chi connectivity index (χ4n) is 3.79. The Hall–Kier alpha value is -1.71. The topological polar surface area (TPSA) is 55.8 Å². The fraction of sp³-hybridized carbons (Fsp3) is 0.611. The van der Waals surface area contributed by atoms with Gasteiger partial charge in [-0.3, -0.25) is 4.79 Å². The third-order valence-corrected chi connectivity index (χ3v) is 5.64. The molecule has 0 unspecified atom stereocenters. The predicted octanol–water partition coefficient (Wildman–Crippen LogP) is 3.52. The maximum absolute atomic E-state index is 12.0. The fourth-order valence-corrected chi connectivity index (χ4v) is 3.79. The van der Waals surface area contributed by atoms with Gasteiger partial charge in [-0.1, -0.05) is 25.3 Å². The van der Waals surface area contributed by atoms with Crippen LogP contribution in [0.3, 0.4) is 0 Å². The molecule has 1 N–H and O–H groups in total. The lowest BCUT2D eigenvalue weighted by Crippen LogP contribution is -2.37. The molecule has 2 aliphatic carbocycles. The van der Waals surface area contributed by atoms with E-state index in [1.165, 1.54) is 0 Å². The van der Waals surface area contributed by atoms with Crippen LogP contribution in [-0.4, -0.2) is 24.3 Å². The Kier molecular flexibility index (Phi) is 3.10. The van der Waals surface area contributed by atoms with Crippen LogP contribution in [0.4, 0.5) is 0 Å². The van der Waals surface area contributed by atoms with Gasteiger partial charge in [-0.2, -0.15) is 0 Å². The van der Waals surface area contributed by atoms with E-state index in [0.29, 0.717) is 31.8 Å². The Morgan fingerprint density at radius 1 is 0.955 bits per heavy atom. The Morgan fingerprint density at radius 3 is 2.27 bits per heavy atom. The van der Waals surface area contributed by atoms with Gasteiger partial charge in [-0.25, -0.2) is 0 Å². The van der Waals surface area contributed by atoms with Crippen LogP contribution >= 0.6 is 0 Å². The molecule has 1 aromatic rings. The molecule has 1 aliphatic heterocycles. The summed E-state index contributed by atoms with van der Waals surface area (Å²) in [5.41, 5.74) is 0.322. The van der Waals surface area contributed by atoms with Gasteiger partial charge >= 0.3 is 5.97 Å². The van der Waals surface area contributed by atoms with Crippen molar-refractivity contribution in [2.45, 2.75) is 50.4 Å². The lowest BCUT2D eigenvalue weighted by molar-refractivity contribution is -0.145. The number of aliphatic carboxylic acids is 1. The van der Waals surface area contributed by atoms with Crippen molar-refractivity contribution in [3.8, 4) is 11.5 Å². The molecule has 4 heteroatoms. The van der Waals surface area contributed by atoms with Gasteiger partial charge in [-0.15, -0.1) is 0 Å². The van der Waals surface area contributed by atoms with E-state index in [2.05, 4.69) is 0 Å². The maximum atomic E-state index is 12.0. The normalized spacial score (nSPS) is 24.5. The molecular weight excluding hydrogens is 280 g/mol. The summed E-state index contributed by atoms with van der Waals surface area (Å²) in [6.07, 6.45) is 6.83. The second-order valence-electron chi connectivity index (χ2n) is 7.19. The van der Waals surface area contributed by atoms with Crippen molar-refractivity contribution in [2.24, 2.45) is 5.41 Å². The molecule has 4 nitrogen and oxygen atoms in total. The van der Waals surface area contributed by atoms with Gasteiger partial charge in [0.1, 0.15) is 0 Å². The Bertz CT molecular complexity index is 597. The minimum atomic E-state index is -0.750. The van der Waals surface area contributed by atoms with E-state index >= 15 is 0 Å². The highest BCUT2D eigenvalue weighted by Gasteiger charge is 2.47. The molecule has 2 fully saturated rings. The zero-order valence-electron chi connectivity index (χ0n) is 12.8. The number of fused-ring (bicyclic) bond motifs is 1. The van der Waals surface area contributed by atoms with Gasteiger partial charge < -0.3 is 14.6 Å². The molecule has 0 atom stereocenters. The largest absolute Gasteiger partial charge is 0.489 e. The monoisotopic (exact) mass is 302 g/mol. The Labute approximate surface area is 130 Å². The number of benzene rings is 1. The molecule has 0 aromatic heterocycles. The standard InChI is InChI=1S/C18H22O4/c19-16(20)18(6-2-1-3-7-18)13-4-5-14-15(10-13)22-12-17(8-9-17)11-21-14/h4-5,10H,1-3,6-9,11-12H2,(H,19,20). The molecular formula is C18H22O4. The zero-order chi connectivity index (χ0) is 15.2. The smallest absolute Gasteiger partial charge is 0.314 e. The molecule has 0 bridgehead atoms. The first kappa shape index (κ1) is 13.9. The van der Waals surface area contributed by atoms with Crippen molar-refractivity contribution in [1.29, 1.82) is 0 Å². The molecule has 118 valence electrons. The Morgan fingerprint density at radius 2 is 1.64 bits per heavy atom. The predicted molar refractivity (Wildman–Crippen MR) is 81.5 cm³/mol. The van der Waals surface area contributed by atoms with Gasteiger partial charge in [0, 0.05) is 5.41 Å². The molecule has 2 saturated carbocycles. The summed E-state index contributed by atoms with van der Waals surface area (Å²) < 4.78 is 11.9. The van der Waals surface area contributed by atoms with Crippen molar-refractivity contribution in [1.82, 2.24) is 0 Å². The molecule has 0 amide bonds. The van der Waals surface area contributed by atoms with Crippen LogP contribution in [0.5, 0.6) is 11.5 Å². The summed E-state index contributed by atoms with van der Waals surface area (Å²) in [6.45, 7) is 1.40. The van der Waals surface area contributed by atoms with Crippen LogP contribution in [0.25, 0.3) is 0 Å².